The number of ether oxygens (including phenoxy) is 1. The Bertz CT molecular complexity index is 456. The van der Waals surface area contributed by atoms with Crippen molar-refractivity contribution in [3.05, 3.63) is 29.3 Å². The van der Waals surface area contributed by atoms with E-state index in [1.54, 1.807) is 0 Å². The lowest BCUT2D eigenvalue weighted by atomic mass is 10.1. The summed E-state index contributed by atoms with van der Waals surface area (Å²) in [5.74, 6) is 0.199. The van der Waals surface area contributed by atoms with E-state index in [2.05, 4.69) is 0 Å². The SMILES string of the molecule is CN(C)C(C)(C)COc1ccc(CN)c(C(F)(F)F)c1. The van der Waals surface area contributed by atoms with Crippen LogP contribution in [0.5, 0.6) is 5.75 Å². The molecular weight excluding hydrogens is 269 g/mol. The summed E-state index contributed by atoms with van der Waals surface area (Å²) < 4.78 is 44.2. The van der Waals surface area contributed by atoms with E-state index in [-0.39, 0.29) is 23.4 Å². The van der Waals surface area contributed by atoms with Crippen LogP contribution in [0, 0.1) is 0 Å². The van der Waals surface area contributed by atoms with Crippen molar-refractivity contribution in [2.45, 2.75) is 32.1 Å². The molecule has 0 spiro atoms. The smallest absolute Gasteiger partial charge is 0.416 e. The van der Waals surface area contributed by atoms with Crippen LogP contribution in [-0.2, 0) is 12.7 Å². The molecule has 0 unspecified atom stereocenters. The molecule has 0 atom stereocenters. The predicted molar refractivity (Wildman–Crippen MR) is 72.6 cm³/mol. The van der Waals surface area contributed by atoms with Gasteiger partial charge in [-0.1, -0.05) is 6.07 Å². The minimum atomic E-state index is -4.43. The van der Waals surface area contributed by atoms with Gasteiger partial charge < -0.3 is 15.4 Å². The molecule has 1 aromatic carbocycles. The molecule has 0 aliphatic rings. The fraction of sp³-hybridized carbons (Fsp3) is 0.571. The monoisotopic (exact) mass is 290 g/mol. The maximum Gasteiger partial charge on any atom is 0.416 e. The Morgan fingerprint density at radius 3 is 2.25 bits per heavy atom. The molecule has 2 N–H and O–H groups in total. The summed E-state index contributed by atoms with van der Waals surface area (Å²) in [7, 11) is 3.78. The molecule has 3 nitrogen and oxygen atoms in total. The van der Waals surface area contributed by atoms with Crippen LogP contribution in [0.3, 0.4) is 0 Å². The Labute approximate surface area is 117 Å². The Morgan fingerprint density at radius 2 is 1.80 bits per heavy atom. The van der Waals surface area contributed by atoms with E-state index < -0.39 is 11.7 Å². The number of benzene rings is 1. The molecule has 0 aromatic heterocycles. The first-order valence-electron chi connectivity index (χ1n) is 6.28. The van der Waals surface area contributed by atoms with Crippen LogP contribution in [0.15, 0.2) is 18.2 Å². The largest absolute Gasteiger partial charge is 0.492 e. The molecule has 0 aliphatic heterocycles. The fourth-order valence-corrected chi connectivity index (χ4v) is 1.48. The molecule has 0 radical (unpaired) electrons. The lowest BCUT2D eigenvalue weighted by molar-refractivity contribution is -0.138. The standard InChI is InChI=1S/C14H21F3N2O/c1-13(2,19(3)4)9-20-11-6-5-10(8-18)12(7-11)14(15,16)17/h5-7H,8-9,18H2,1-4H3. The summed E-state index contributed by atoms with van der Waals surface area (Å²) in [6.45, 7) is 4.04. The molecule has 114 valence electrons. The molecule has 0 amide bonds. The molecule has 6 heteroatoms. The lowest BCUT2D eigenvalue weighted by Gasteiger charge is -2.32. The number of hydrogen-bond acceptors (Lipinski definition) is 3. The van der Waals surface area contributed by atoms with Crippen LogP contribution < -0.4 is 10.5 Å². The van der Waals surface area contributed by atoms with Gasteiger partial charge >= 0.3 is 6.18 Å². The molecule has 0 aliphatic carbocycles. The first-order chi connectivity index (χ1) is 9.08. The van der Waals surface area contributed by atoms with Crippen molar-refractivity contribution in [3.63, 3.8) is 0 Å². The molecule has 1 rings (SSSR count). The van der Waals surface area contributed by atoms with Gasteiger partial charge in [-0.05, 0) is 45.6 Å². The molecule has 0 saturated heterocycles. The van der Waals surface area contributed by atoms with Crippen LogP contribution in [0.25, 0.3) is 0 Å². The highest BCUT2D eigenvalue weighted by atomic mass is 19.4. The predicted octanol–water partition coefficient (Wildman–Crippen LogP) is 2.88. The van der Waals surface area contributed by atoms with Crippen LogP contribution in [0.4, 0.5) is 13.2 Å². The van der Waals surface area contributed by atoms with Gasteiger partial charge in [0.2, 0.25) is 0 Å². The van der Waals surface area contributed by atoms with Crippen molar-refractivity contribution in [2.75, 3.05) is 20.7 Å². The second-order valence-corrected chi connectivity index (χ2v) is 5.52. The molecule has 0 heterocycles. The Balaban J connectivity index is 2.94. The third kappa shape index (κ3) is 4.11. The van der Waals surface area contributed by atoms with E-state index >= 15 is 0 Å². The van der Waals surface area contributed by atoms with Gasteiger partial charge in [-0.15, -0.1) is 0 Å². The van der Waals surface area contributed by atoms with Gasteiger partial charge in [0.05, 0.1) is 5.56 Å². The van der Waals surface area contributed by atoms with Crippen LogP contribution >= 0.6 is 0 Å². The van der Waals surface area contributed by atoms with Gasteiger partial charge in [0.15, 0.2) is 0 Å². The topological polar surface area (TPSA) is 38.5 Å². The van der Waals surface area contributed by atoms with E-state index in [4.69, 9.17) is 10.5 Å². The van der Waals surface area contributed by atoms with Crippen LogP contribution in [-0.4, -0.2) is 31.1 Å². The Hall–Kier alpha value is -1.27. The van der Waals surface area contributed by atoms with Gasteiger partial charge in [-0.2, -0.15) is 13.2 Å². The molecular formula is C14H21F3N2O. The number of rotatable bonds is 5. The zero-order valence-corrected chi connectivity index (χ0v) is 12.2. The van der Waals surface area contributed by atoms with E-state index in [0.29, 0.717) is 6.61 Å². The zero-order valence-electron chi connectivity index (χ0n) is 12.2. The molecule has 0 fully saturated rings. The summed E-state index contributed by atoms with van der Waals surface area (Å²) in [4.78, 5) is 1.95. The number of halogens is 3. The molecule has 0 saturated carbocycles. The van der Waals surface area contributed by atoms with Crippen molar-refractivity contribution >= 4 is 0 Å². The summed E-state index contributed by atoms with van der Waals surface area (Å²) in [6.07, 6.45) is -4.43. The number of nitrogens with zero attached hydrogens (tertiary/aromatic N) is 1. The number of hydrogen-bond donors (Lipinski definition) is 1. The summed E-state index contributed by atoms with van der Waals surface area (Å²) in [5, 5.41) is 0. The normalized spacial score (nSPS) is 12.8. The average molecular weight is 290 g/mol. The van der Waals surface area contributed by atoms with Crippen molar-refractivity contribution < 1.29 is 17.9 Å². The summed E-state index contributed by atoms with van der Waals surface area (Å²) >= 11 is 0. The lowest BCUT2D eigenvalue weighted by Crippen LogP contribution is -2.43. The zero-order chi connectivity index (χ0) is 15.6. The van der Waals surface area contributed by atoms with Gasteiger partial charge in [0, 0.05) is 12.1 Å². The third-order valence-electron chi connectivity index (χ3n) is 3.41. The van der Waals surface area contributed by atoms with Crippen LogP contribution in [0.1, 0.15) is 25.0 Å². The highest BCUT2D eigenvalue weighted by Gasteiger charge is 2.33. The second kappa shape index (κ2) is 6.01. The number of nitrogens with two attached hydrogens (primary N) is 1. The van der Waals surface area contributed by atoms with E-state index in [0.717, 1.165) is 6.07 Å². The quantitative estimate of drug-likeness (QED) is 0.906. The van der Waals surface area contributed by atoms with Crippen molar-refractivity contribution in [3.8, 4) is 5.75 Å². The minimum Gasteiger partial charge on any atom is -0.492 e. The van der Waals surface area contributed by atoms with E-state index in [1.807, 2.05) is 32.8 Å². The minimum absolute atomic E-state index is 0.0664. The van der Waals surface area contributed by atoms with Crippen molar-refractivity contribution in [2.24, 2.45) is 5.73 Å². The number of likely N-dealkylation sites (N-methyl/N-ethyl adjacent to an activating group) is 1. The van der Waals surface area contributed by atoms with Gasteiger partial charge in [0.25, 0.3) is 0 Å². The first kappa shape index (κ1) is 16.8. The van der Waals surface area contributed by atoms with Gasteiger partial charge in [0.1, 0.15) is 12.4 Å². The maximum absolute atomic E-state index is 12.9. The number of alkyl halides is 3. The molecule has 1 aromatic rings. The summed E-state index contributed by atoms with van der Waals surface area (Å²) in [6, 6.07) is 3.89. The average Bonchev–Trinajstić information content (AvgIpc) is 2.35. The highest BCUT2D eigenvalue weighted by Crippen LogP contribution is 2.34. The Morgan fingerprint density at radius 1 is 1.20 bits per heavy atom. The van der Waals surface area contributed by atoms with E-state index in [1.165, 1.54) is 12.1 Å². The van der Waals surface area contributed by atoms with E-state index in [9.17, 15) is 13.2 Å². The second-order valence-electron chi connectivity index (χ2n) is 5.52. The van der Waals surface area contributed by atoms with Crippen molar-refractivity contribution in [1.82, 2.24) is 4.90 Å². The van der Waals surface area contributed by atoms with Gasteiger partial charge in [-0.3, -0.25) is 0 Å². The van der Waals surface area contributed by atoms with Crippen molar-refractivity contribution in [1.29, 1.82) is 0 Å². The van der Waals surface area contributed by atoms with Gasteiger partial charge in [-0.25, -0.2) is 0 Å². The van der Waals surface area contributed by atoms with Crippen LogP contribution in [0.2, 0.25) is 0 Å². The Kier molecular flexibility index (Phi) is 5.05. The molecule has 20 heavy (non-hydrogen) atoms. The highest BCUT2D eigenvalue weighted by molar-refractivity contribution is 5.37. The molecule has 0 bridgehead atoms. The fourth-order valence-electron chi connectivity index (χ4n) is 1.48. The summed E-state index contributed by atoms with van der Waals surface area (Å²) in [5.41, 5.74) is 4.39. The maximum atomic E-state index is 12.9. The first-order valence-corrected chi connectivity index (χ1v) is 6.28. The third-order valence-corrected chi connectivity index (χ3v) is 3.41.